The number of nitrogens with one attached hydrogen (secondary N) is 1. The minimum Gasteiger partial charge on any atom is -0.361 e. The second-order valence-corrected chi connectivity index (χ2v) is 9.11. The lowest BCUT2D eigenvalue weighted by atomic mass is 9.96. The Labute approximate surface area is 168 Å². The quantitative estimate of drug-likeness (QED) is 0.835. The van der Waals surface area contributed by atoms with Gasteiger partial charge in [0.1, 0.15) is 0 Å². The number of piperidine rings is 1. The molecule has 1 aromatic carbocycles. The number of nitrogens with zero attached hydrogens (tertiary/aromatic N) is 3. The van der Waals surface area contributed by atoms with Gasteiger partial charge in [-0.1, -0.05) is 32.0 Å². The molecule has 5 nitrogen and oxygen atoms in total. The van der Waals surface area contributed by atoms with E-state index in [0.717, 1.165) is 30.7 Å². The minimum absolute atomic E-state index is 0.258. The molecule has 0 aliphatic carbocycles. The van der Waals surface area contributed by atoms with Gasteiger partial charge in [0.25, 0.3) is 0 Å². The number of hydrogen-bond acceptors (Lipinski definition) is 3. The third-order valence-electron chi connectivity index (χ3n) is 6.43. The van der Waals surface area contributed by atoms with E-state index >= 15 is 0 Å². The summed E-state index contributed by atoms with van der Waals surface area (Å²) in [6.45, 7) is 9.91. The molecule has 1 N–H and O–H groups in total. The Balaban J connectivity index is 1.35. The van der Waals surface area contributed by atoms with Crippen LogP contribution in [0.15, 0.2) is 30.5 Å². The van der Waals surface area contributed by atoms with Crippen LogP contribution in [-0.4, -0.2) is 77.4 Å². The fourth-order valence-electron chi connectivity index (χ4n) is 4.77. The molecule has 0 spiro atoms. The summed E-state index contributed by atoms with van der Waals surface area (Å²) in [7, 11) is 2.22. The SMILES string of the molecule is CC(C)CN(C1CCN(C)CC1)C1CN(C(=O)Cc2c[nH]c3ccccc23)C1. The van der Waals surface area contributed by atoms with Crippen LogP contribution in [0.3, 0.4) is 0 Å². The number of fused-ring (bicyclic) bond motifs is 1. The highest BCUT2D eigenvalue weighted by atomic mass is 16.2. The predicted octanol–water partition coefficient (Wildman–Crippen LogP) is 2.97. The summed E-state index contributed by atoms with van der Waals surface area (Å²) < 4.78 is 0. The van der Waals surface area contributed by atoms with Crippen molar-refractivity contribution in [3.63, 3.8) is 0 Å². The van der Waals surface area contributed by atoms with Gasteiger partial charge >= 0.3 is 0 Å². The molecule has 152 valence electrons. The van der Waals surface area contributed by atoms with Crippen molar-refractivity contribution in [3.8, 4) is 0 Å². The van der Waals surface area contributed by atoms with Crippen molar-refractivity contribution in [1.29, 1.82) is 0 Å². The third kappa shape index (κ3) is 4.11. The first-order chi connectivity index (χ1) is 13.5. The molecule has 0 unspecified atom stereocenters. The van der Waals surface area contributed by atoms with Crippen molar-refractivity contribution in [2.45, 2.75) is 45.2 Å². The fourth-order valence-corrected chi connectivity index (χ4v) is 4.77. The Morgan fingerprint density at radius 1 is 1.18 bits per heavy atom. The lowest BCUT2D eigenvalue weighted by Gasteiger charge is -2.50. The summed E-state index contributed by atoms with van der Waals surface area (Å²) in [6, 6.07) is 9.43. The smallest absolute Gasteiger partial charge is 0.227 e. The number of para-hydroxylation sites is 1. The van der Waals surface area contributed by atoms with Gasteiger partial charge in [0.05, 0.1) is 6.42 Å². The Bertz CT molecular complexity index is 800. The van der Waals surface area contributed by atoms with E-state index in [2.05, 4.69) is 52.7 Å². The van der Waals surface area contributed by atoms with Crippen LogP contribution in [0.1, 0.15) is 32.3 Å². The third-order valence-corrected chi connectivity index (χ3v) is 6.43. The molecule has 0 atom stereocenters. The molecule has 2 aromatic rings. The van der Waals surface area contributed by atoms with Crippen LogP contribution >= 0.6 is 0 Å². The second kappa shape index (κ2) is 8.26. The summed E-state index contributed by atoms with van der Waals surface area (Å²) in [4.78, 5) is 23.3. The number of hydrogen-bond donors (Lipinski definition) is 1. The lowest BCUT2D eigenvalue weighted by Crippen LogP contribution is -2.64. The first kappa shape index (κ1) is 19.5. The van der Waals surface area contributed by atoms with Crippen LogP contribution < -0.4 is 0 Å². The molecule has 0 radical (unpaired) electrons. The molecule has 0 saturated carbocycles. The Morgan fingerprint density at radius 3 is 2.61 bits per heavy atom. The van der Waals surface area contributed by atoms with Gasteiger partial charge in [0.15, 0.2) is 0 Å². The summed E-state index contributed by atoms with van der Waals surface area (Å²) in [5.41, 5.74) is 2.22. The van der Waals surface area contributed by atoms with E-state index in [-0.39, 0.29) is 5.91 Å². The fraction of sp³-hybridized carbons (Fsp3) is 0.609. The van der Waals surface area contributed by atoms with Gasteiger partial charge in [0.2, 0.25) is 5.91 Å². The van der Waals surface area contributed by atoms with E-state index in [9.17, 15) is 4.79 Å². The maximum absolute atomic E-state index is 12.8. The highest BCUT2D eigenvalue weighted by Crippen LogP contribution is 2.26. The van der Waals surface area contributed by atoms with Gasteiger partial charge in [0, 0.05) is 48.8 Å². The van der Waals surface area contributed by atoms with Crippen molar-refractivity contribution in [3.05, 3.63) is 36.0 Å². The monoisotopic (exact) mass is 382 g/mol. The molecule has 2 aliphatic heterocycles. The molecular formula is C23H34N4O. The molecular weight excluding hydrogens is 348 g/mol. The summed E-state index contributed by atoms with van der Waals surface area (Å²) in [5, 5.41) is 1.17. The van der Waals surface area contributed by atoms with Crippen LogP contribution in [-0.2, 0) is 11.2 Å². The molecule has 1 amide bonds. The number of likely N-dealkylation sites (tertiary alicyclic amines) is 2. The Hall–Kier alpha value is -1.85. The molecule has 2 aliphatic rings. The number of rotatable bonds is 6. The van der Waals surface area contributed by atoms with Crippen LogP contribution in [0.5, 0.6) is 0 Å². The van der Waals surface area contributed by atoms with Crippen LogP contribution in [0, 0.1) is 5.92 Å². The number of aromatic amines is 1. The van der Waals surface area contributed by atoms with Gasteiger partial charge in [-0.15, -0.1) is 0 Å². The van der Waals surface area contributed by atoms with Gasteiger partial charge in [-0.3, -0.25) is 9.69 Å². The summed E-state index contributed by atoms with van der Waals surface area (Å²) in [5.74, 6) is 0.921. The van der Waals surface area contributed by atoms with Gasteiger partial charge in [-0.2, -0.15) is 0 Å². The maximum atomic E-state index is 12.8. The number of carbonyl (C=O) groups excluding carboxylic acids is 1. The molecule has 2 fully saturated rings. The van der Waals surface area contributed by atoms with Crippen molar-refractivity contribution < 1.29 is 4.79 Å². The van der Waals surface area contributed by atoms with Crippen LogP contribution in [0.4, 0.5) is 0 Å². The standard InChI is InChI=1S/C23H34N4O/c1-17(2)14-27(19-8-10-25(3)11-9-19)20-15-26(16-20)23(28)12-18-13-24-22-7-5-4-6-21(18)22/h4-7,13,17,19-20,24H,8-12,14-16H2,1-3H3. The first-order valence-electron chi connectivity index (χ1n) is 10.8. The van der Waals surface area contributed by atoms with E-state index in [1.165, 1.54) is 31.3 Å². The summed E-state index contributed by atoms with van der Waals surface area (Å²) in [6.07, 6.45) is 4.99. The van der Waals surface area contributed by atoms with Gasteiger partial charge in [-0.05, 0) is 50.5 Å². The van der Waals surface area contributed by atoms with Crippen LogP contribution in [0.2, 0.25) is 0 Å². The zero-order valence-electron chi connectivity index (χ0n) is 17.5. The van der Waals surface area contributed by atoms with E-state index in [1.807, 2.05) is 18.3 Å². The zero-order chi connectivity index (χ0) is 19.7. The lowest BCUT2D eigenvalue weighted by molar-refractivity contribution is -0.139. The highest BCUT2D eigenvalue weighted by Gasteiger charge is 2.38. The Morgan fingerprint density at radius 2 is 1.89 bits per heavy atom. The van der Waals surface area contributed by atoms with Crippen molar-refractivity contribution >= 4 is 16.8 Å². The molecule has 3 heterocycles. The minimum atomic E-state index is 0.258. The van der Waals surface area contributed by atoms with Gasteiger partial charge in [-0.25, -0.2) is 0 Å². The first-order valence-corrected chi connectivity index (χ1v) is 10.8. The Kier molecular flexibility index (Phi) is 5.74. The van der Waals surface area contributed by atoms with Crippen LogP contribution in [0.25, 0.3) is 10.9 Å². The molecule has 0 bridgehead atoms. The highest BCUT2D eigenvalue weighted by molar-refractivity contribution is 5.89. The molecule has 2 saturated heterocycles. The normalized spacial score (nSPS) is 19.7. The number of amides is 1. The maximum Gasteiger partial charge on any atom is 0.227 e. The van der Waals surface area contributed by atoms with E-state index in [0.29, 0.717) is 24.4 Å². The molecule has 28 heavy (non-hydrogen) atoms. The van der Waals surface area contributed by atoms with Crippen molar-refractivity contribution in [2.24, 2.45) is 5.92 Å². The molecule has 4 rings (SSSR count). The number of benzene rings is 1. The average molecular weight is 383 g/mol. The van der Waals surface area contributed by atoms with E-state index in [4.69, 9.17) is 0 Å². The van der Waals surface area contributed by atoms with Gasteiger partial charge < -0.3 is 14.8 Å². The largest absolute Gasteiger partial charge is 0.361 e. The van der Waals surface area contributed by atoms with E-state index < -0.39 is 0 Å². The zero-order valence-corrected chi connectivity index (χ0v) is 17.5. The molecule has 5 heteroatoms. The number of H-pyrrole nitrogens is 1. The second-order valence-electron chi connectivity index (χ2n) is 9.11. The predicted molar refractivity (Wildman–Crippen MR) is 114 cm³/mol. The van der Waals surface area contributed by atoms with E-state index in [1.54, 1.807) is 0 Å². The number of carbonyl (C=O) groups is 1. The van der Waals surface area contributed by atoms with Crippen molar-refractivity contribution in [1.82, 2.24) is 19.7 Å². The molecule has 1 aromatic heterocycles. The summed E-state index contributed by atoms with van der Waals surface area (Å²) >= 11 is 0. The number of aromatic nitrogens is 1. The van der Waals surface area contributed by atoms with Crippen molar-refractivity contribution in [2.75, 3.05) is 39.8 Å². The average Bonchev–Trinajstić information content (AvgIpc) is 3.03. The topological polar surface area (TPSA) is 42.6 Å².